The summed E-state index contributed by atoms with van der Waals surface area (Å²) in [5, 5.41) is 5.66. The molecular formula is C15H14FIN2O. The van der Waals surface area contributed by atoms with E-state index in [1.165, 1.54) is 6.07 Å². The average molecular weight is 384 g/mol. The second-order valence-corrected chi connectivity index (χ2v) is 5.62. The van der Waals surface area contributed by atoms with Crippen LogP contribution in [0.5, 0.6) is 0 Å². The lowest BCUT2D eigenvalue weighted by atomic mass is 10.2. The van der Waals surface area contributed by atoms with Crippen LogP contribution in [-0.4, -0.2) is 12.5 Å². The Kier molecular flexibility index (Phi) is 4.94. The van der Waals surface area contributed by atoms with Crippen LogP contribution in [0.4, 0.5) is 15.8 Å². The van der Waals surface area contributed by atoms with Gasteiger partial charge in [0.15, 0.2) is 0 Å². The van der Waals surface area contributed by atoms with Gasteiger partial charge in [-0.2, -0.15) is 0 Å². The van der Waals surface area contributed by atoms with Crippen LogP contribution >= 0.6 is 22.6 Å². The van der Waals surface area contributed by atoms with Gasteiger partial charge in [0.25, 0.3) is 0 Å². The summed E-state index contributed by atoms with van der Waals surface area (Å²) in [6.45, 7) is 1.81. The van der Waals surface area contributed by atoms with E-state index >= 15 is 0 Å². The summed E-state index contributed by atoms with van der Waals surface area (Å²) in [5.74, 6) is -0.541. The van der Waals surface area contributed by atoms with Gasteiger partial charge in [0.2, 0.25) is 5.91 Å². The predicted octanol–water partition coefficient (Wildman–Crippen LogP) is 3.79. The minimum absolute atomic E-state index is 0.135. The van der Waals surface area contributed by atoms with Crippen molar-refractivity contribution in [1.29, 1.82) is 0 Å². The number of carbonyl (C=O) groups excluding carboxylic acids is 1. The molecule has 20 heavy (non-hydrogen) atoms. The lowest BCUT2D eigenvalue weighted by Gasteiger charge is -2.08. The minimum Gasteiger partial charge on any atom is -0.376 e. The summed E-state index contributed by atoms with van der Waals surface area (Å²) in [6, 6.07) is 12.4. The number of hydrogen-bond donors (Lipinski definition) is 2. The Morgan fingerprint density at radius 2 is 1.80 bits per heavy atom. The molecule has 2 rings (SSSR count). The van der Waals surface area contributed by atoms with E-state index in [4.69, 9.17) is 0 Å². The number of anilines is 2. The number of carbonyl (C=O) groups is 1. The fourth-order valence-corrected chi connectivity index (χ4v) is 1.99. The molecule has 2 aromatic rings. The molecule has 0 spiro atoms. The maximum absolute atomic E-state index is 13.4. The fourth-order valence-electron chi connectivity index (χ4n) is 1.63. The molecule has 0 heterocycles. The Bertz CT molecular complexity index is 614. The number of aryl methyl sites for hydroxylation is 1. The fraction of sp³-hybridized carbons (Fsp3) is 0.133. The molecule has 0 unspecified atom stereocenters. The van der Waals surface area contributed by atoms with Crippen LogP contribution in [-0.2, 0) is 4.79 Å². The van der Waals surface area contributed by atoms with Gasteiger partial charge in [0.05, 0.1) is 6.54 Å². The smallest absolute Gasteiger partial charge is 0.243 e. The van der Waals surface area contributed by atoms with Crippen molar-refractivity contribution in [3.63, 3.8) is 0 Å². The zero-order chi connectivity index (χ0) is 14.5. The third-order valence-electron chi connectivity index (χ3n) is 2.75. The first-order valence-corrected chi connectivity index (χ1v) is 7.18. The lowest BCUT2D eigenvalue weighted by molar-refractivity contribution is -0.114. The SMILES string of the molecule is Cc1ccc(NC(=O)CNc2ccc(I)cc2)cc1F. The van der Waals surface area contributed by atoms with Crippen LogP contribution in [0.15, 0.2) is 42.5 Å². The van der Waals surface area contributed by atoms with Crippen molar-refractivity contribution in [2.45, 2.75) is 6.92 Å². The van der Waals surface area contributed by atoms with Crippen molar-refractivity contribution < 1.29 is 9.18 Å². The highest BCUT2D eigenvalue weighted by atomic mass is 127. The largest absolute Gasteiger partial charge is 0.376 e. The van der Waals surface area contributed by atoms with E-state index in [2.05, 4.69) is 33.2 Å². The van der Waals surface area contributed by atoms with Crippen LogP contribution in [0.1, 0.15) is 5.56 Å². The molecule has 0 aromatic heterocycles. The van der Waals surface area contributed by atoms with E-state index in [-0.39, 0.29) is 18.3 Å². The molecule has 0 saturated heterocycles. The highest BCUT2D eigenvalue weighted by Crippen LogP contribution is 2.14. The number of amides is 1. The Balaban J connectivity index is 1.89. The normalized spacial score (nSPS) is 10.2. The summed E-state index contributed by atoms with van der Waals surface area (Å²) in [4.78, 5) is 11.8. The van der Waals surface area contributed by atoms with Crippen molar-refractivity contribution in [3.8, 4) is 0 Å². The zero-order valence-electron chi connectivity index (χ0n) is 10.9. The third kappa shape index (κ3) is 4.19. The zero-order valence-corrected chi connectivity index (χ0v) is 13.1. The van der Waals surface area contributed by atoms with E-state index in [9.17, 15) is 9.18 Å². The first kappa shape index (κ1) is 14.8. The Hall–Kier alpha value is -1.63. The molecule has 104 valence electrons. The van der Waals surface area contributed by atoms with Crippen molar-refractivity contribution in [2.24, 2.45) is 0 Å². The molecule has 0 saturated carbocycles. The van der Waals surface area contributed by atoms with E-state index in [1.54, 1.807) is 19.1 Å². The molecular weight excluding hydrogens is 370 g/mol. The van der Waals surface area contributed by atoms with Gasteiger partial charge in [0.1, 0.15) is 5.82 Å². The number of benzene rings is 2. The monoisotopic (exact) mass is 384 g/mol. The molecule has 0 aliphatic heterocycles. The quantitative estimate of drug-likeness (QED) is 0.788. The third-order valence-corrected chi connectivity index (χ3v) is 3.47. The van der Waals surface area contributed by atoms with Gasteiger partial charge in [-0.3, -0.25) is 4.79 Å². The standard InChI is InChI=1S/C15H14FIN2O/c1-10-2-5-13(8-14(10)16)19-15(20)9-18-12-6-3-11(17)4-7-12/h2-8,18H,9H2,1H3,(H,19,20). The van der Waals surface area contributed by atoms with Gasteiger partial charge in [-0.15, -0.1) is 0 Å². The van der Waals surface area contributed by atoms with Gasteiger partial charge < -0.3 is 10.6 Å². The molecule has 0 aliphatic rings. The average Bonchev–Trinajstić information content (AvgIpc) is 2.42. The molecule has 0 aliphatic carbocycles. The second-order valence-electron chi connectivity index (χ2n) is 4.37. The van der Waals surface area contributed by atoms with Crippen molar-refractivity contribution in [3.05, 3.63) is 57.4 Å². The molecule has 3 nitrogen and oxygen atoms in total. The number of nitrogens with one attached hydrogen (secondary N) is 2. The van der Waals surface area contributed by atoms with Crippen LogP contribution in [0.3, 0.4) is 0 Å². The molecule has 0 fully saturated rings. The van der Waals surface area contributed by atoms with E-state index in [1.807, 2.05) is 24.3 Å². The first-order chi connectivity index (χ1) is 9.54. The van der Waals surface area contributed by atoms with Crippen LogP contribution in [0.2, 0.25) is 0 Å². The first-order valence-electron chi connectivity index (χ1n) is 6.10. The van der Waals surface area contributed by atoms with Gasteiger partial charge in [0, 0.05) is 14.9 Å². The van der Waals surface area contributed by atoms with Crippen LogP contribution in [0, 0.1) is 16.3 Å². The highest BCUT2D eigenvalue weighted by molar-refractivity contribution is 14.1. The molecule has 0 radical (unpaired) electrons. The Labute approximate surface area is 130 Å². The van der Waals surface area contributed by atoms with Crippen LogP contribution < -0.4 is 10.6 Å². The van der Waals surface area contributed by atoms with E-state index in [0.717, 1.165) is 9.26 Å². The minimum atomic E-state index is -0.326. The summed E-state index contributed by atoms with van der Waals surface area (Å²) in [5.41, 5.74) is 1.89. The number of hydrogen-bond acceptors (Lipinski definition) is 2. The second kappa shape index (κ2) is 6.69. The van der Waals surface area contributed by atoms with Crippen molar-refractivity contribution >= 4 is 39.9 Å². The Morgan fingerprint density at radius 3 is 2.45 bits per heavy atom. The summed E-state index contributed by atoms with van der Waals surface area (Å²) in [6.07, 6.45) is 0. The summed E-state index contributed by atoms with van der Waals surface area (Å²) >= 11 is 2.22. The Morgan fingerprint density at radius 1 is 1.15 bits per heavy atom. The summed E-state index contributed by atoms with van der Waals surface area (Å²) < 4.78 is 14.5. The summed E-state index contributed by atoms with van der Waals surface area (Å²) in [7, 11) is 0. The highest BCUT2D eigenvalue weighted by Gasteiger charge is 2.04. The molecule has 5 heteroatoms. The topological polar surface area (TPSA) is 41.1 Å². The van der Waals surface area contributed by atoms with Gasteiger partial charge in [-0.05, 0) is 71.5 Å². The lowest BCUT2D eigenvalue weighted by Crippen LogP contribution is -2.21. The molecule has 0 atom stereocenters. The maximum Gasteiger partial charge on any atom is 0.243 e. The molecule has 0 bridgehead atoms. The molecule has 2 aromatic carbocycles. The number of halogens is 2. The molecule has 2 N–H and O–H groups in total. The number of rotatable bonds is 4. The van der Waals surface area contributed by atoms with Gasteiger partial charge >= 0.3 is 0 Å². The van der Waals surface area contributed by atoms with Crippen LogP contribution in [0.25, 0.3) is 0 Å². The predicted molar refractivity (Wildman–Crippen MR) is 87.4 cm³/mol. The maximum atomic E-state index is 13.4. The van der Waals surface area contributed by atoms with E-state index < -0.39 is 0 Å². The van der Waals surface area contributed by atoms with Crippen molar-refractivity contribution in [2.75, 3.05) is 17.2 Å². The molecule has 1 amide bonds. The van der Waals surface area contributed by atoms with E-state index in [0.29, 0.717) is 11.3 Å². The van der Waals surface area contributed by atoms with Gasteiger partial charge in [-0.1, -0.05) is 6.07 Å². The van der Waals surface area contributed by atoms with Gasteiger partial charge in [-0.25, -0.2) is 4.39 Å². The van der Waals surface area contributed by atoms with Crippen molar-refractivity contribution in [1.82, 2.24) is 0 Å².